The fourth-order valence-electron chi connectivity index (χ4n) is 4.61. The molecule has 2 unspecified atom stereocenters. The van der Waals surface area contributed by atoms with Gasteiger partial charge in [-0.1, -0.05) is 74.9 Å². The Morgan fingerprint density at radius 1 is 1.09 bits per heavy atom. The number of benzene rings is 2. The summed E-state index contributed by atoms with van der Waals surface area (Å²) < 4.78 is 0. The first kappa shape index (κ1) is 23.2. The predicted molar refractivity (Wildman–Crippen MR) is 132 cm³/mol. The summed E-state index contributed by atoms with van der Waals surface area (Å²) in [6.07, 6.45) is 8.19. The van der Waals surface area contributed by atoms with Crippen LogP contribution in [0.4, 0.5) is 5.69 Å². The van der Waals surface area contributed by atoms with Gasteiger partial charge in [0.1, 0.15) is 5.25 Å². The van der Waals surface area contributed by atoms with E-state index in [1.165, 1.54) is 31.0 Å². The summed E-state index contributed by atoms with van der Waals surface area (Å²) in [7, 11) is 0. The number of carbonyl (C=O) groups excluding carboxylic acids is 2. The molecule has 2 aliphatic rings. The minimum Gasteiger partial charge on any atom is -0.353 e. The summed E-state index contributed by atoms with van der Waals surface area (Å²) in [6, 6.07) is 15.8. The molecule has 1 fully saturated rings. The van der Waals surface area contributed by atoms with E-state index in [1.807, 2.05) is 60.4 Å². The van der Waals surface area contributed by atoms with E-state index in [2.05, 4.69) is 5.32 Å². The van der Waals surface area contributed by atoms with Crippen LogP contribution in [0, 0.1) is 5.92 Å². The fourth-order valence-corrected chi connectivity index (χ4v) is 6.11. The van der Waals surface area contributed by atoms with Crippen molar-refractivity contribution in [1.29, 1.82) is 0 Å². The van der Waals surface area contributed by atoms with Gasteiger partial charge in [0.05, 0.1) is 18.2 Å². The van der Waals surface area contributed by atoms with Crippen LogP contribution in [0.25, 0.3) is 0 Å². The molecule has 2 atom stereocenters. The van der Waals surface area contributed by atoms with Crippen LogP contribution in [-0.2, 0) is 16.1 Å². The number of para-hydroxylation sites is 1. The van der Waals surface area contributed by atoms with Gasteiger partial charge >= 0.3 is 0 Å². The van der Waals surface area contributed by atoms with Gasteiger partial charge in [-0.3, -0.25) is 9.59 Å². The lowest BCUT2D eigenvalue weighted by Gasteiger charge is -2.36. The van der Waals surface area contributed by atoms with Crippen LogP contribution < -0.4 is 10.2 Å². The fraction of sp³-hybridized carbons (Fsp3) is 0.462. The van der Waals surface area contributed by atoms with Gasteiger partial charge in [-0.05, 0) is 42.7 Å². The first-order valence-electron chi connectivity index (χ1n) is 11.6. The van der Waals surface area contributed by atoms with Crippen LogP contribution in [0.3, 0.4) is 0 Å². The molecule has 170 valence electrons. The summed E-state index contributed by atoms with van der Waals surface area (Å²) in [6.45, 7) is 2.32. The second-order valence-electron chi connectivity index (χ2n) is 8.90. The Morgan fingerprint density at radius 2 is 1.81 bits per heavy atom. The molecule has 0 bridgehead atoms. The number of halogens is 1. The molecule has 2 aromatic rings. The lowest BCUT2D eigenvalue weighted by Crippen LogP contribution is -2.48. The molecule has 1 N–H and O–H groups in total. The topological polar surface area (TPSA) is 49.4 Å². The number of hydrogen-bond donors (Lipinski definition) is 1. The number of nitrogens with one attached hydrogen (secondary N) is 1. The summed E-state index contributed by atoms with van der Waals surface area (Å²) in [5.74, 6) is -0.439. The van der Waals surface area contributed by atoms with Gasteiger partial charge in [-0.15, -0.1) is 11.8 Å². The average molecular weight is 471 g/mol. The Hall–Kier alpha value is -1.98. The van der Waals surface area contributed by atoms with Crippen molar-refractivity contribution in [2.45, 2.75) is 74.6 Å². The largest absolute Gasteiger partial charge is 0.353 e. The van der Waals surface area contributed by atoms with Crippen molar-refractivity contribution in [2.75, 3.05) is 4.90 Å². The van der Waals surface area contributed by atoms with Crippen LogP contribution in [-0.4, -0.2) is 23.1 Å². The summed E-state index contributed by atoms with van der Waals surface area (Å²) in [5.41, 5.74) is 1.87. The van der Waals surface area contributed by atoms with Crippen LogP contribution in [0.1, 0.15) is 57.4 Å². The van der Waals surface area contributed by atoms with E-state index < -0.39 is 11.2 Å². The van der Waals surface area contributed by atoms with E-state index in [4.69, 9.17) is 11.6 Å². The third kappa shape index (κ3) is 5.49. The minimum atomic E-state index is -0.447. The molecule has 1 saturated carbocycles. The highest BCUT2D eigenvalue weighted by Crippen LogP contribution is 2.42. The number of amides is 2. The van der Waals surface area contributed by atoms with Crippen molar-refractivity contribution in [3.8, 4) is 0 Å². The maximum Gasteiger partial charge on any atom is 0.241 e. The van der Waals surface area contributed by atoms with Crippen molar-refractivity contribution in [3.63, 3.8) is 0 Å². The SMILES string of the molecule is CC(C(=O)NC1CCCCCCC1)C1Sc2ccccc2N(Cc2cccc(Cl)c2)C1=O. The quantitative estimate of drug-likeness (QED) is 0.564. The number of thioether (sulfide) groups is 1. The number of rotatable bonds is 5. The van der Waals surface area contributed by atoms with E-state index in [0.29, 0.717) is 11.6 Å². The molecule has 4 nitrogen and oxygen atoms in total. The molecule has 2 aromatic carbocycles. The third-order valence-corrected chi connectivity index (χ3v) is 8.17. The van der Waals surface area contributed by atoms with Crippen molar-refractivity contribution >= 4 is 40.9 Å². The second kappa shape index (κ2) is 10.8. The number of hydrogen-bond acceptors (Lipinski definition) is 3. The molecule has 0 radical (unpaired) electrons. The lowest BCUT2D eigenvalue weighted by molar-refractivity contribution is -0.129. The molecule has 0 spiro atoms. The number of fused-ring (bicyclic) bond motifs is 1. The van der Waals surface area contributed by atoms with Crippen molar-refractivity contribution < 1.29 is 9.59 Å². The first-order valence-corrected chi connectivity index (χ1v) is 12.9. The summed E-state index contributed by atoms with van der Waals surface area (Å²) in [5, 5.41) is 3.46. The Morgan fingerprint density at radius 3 is 2.56 bits per heavy atom. The Kier molecular flexibility index (Phi) is 7.80. The average Bonchev–Trinajstić information content (AvgIpc) is 2.76. The van der Waals surface area contributed by atoms with Gasteiger partial charge in [0, 0.05) is 16.0 Å². The second-order valence-corrected chi connectivity index (χ2v) is 10.5. The number of anilines is 1. The first-order chi connectivity index (χ1) is 15.5. The smallest absolute Gasteiger partial charge is 0.241 e. The standard InChI is InChI=1S/C26H31ClN2O2S/c1-18(25(30)28-21-12-5-3-2-4-6-13-21)24-26(31)29(17-19-10-9-11-20(27)16-19)22-14-7-8-15-23(22)32-24/h7-11,14-16,18,21,24H,2-6,12-13,17H2,1H3,(H,28,30). The molecule has 1 heterocycles. The molecular formula is C26H31ClN2O2S. The molecule has 0 saturated heterocycles. The van der Waals surface area contributed by atoms with Gasteiger partial charge in [0.25, 0.3) is 0 Å². The van der Waals surface area contributed by atoms with Crippen LogP contribution >= 0.6 is 23.4 Å². The third-order valence-electron chi connectivity index (χ3n) is 6.47. The van der Waals surface area contributed by atoms with Crippen molar-refractivity contribution in [3.05, 3.63) is 59.1 Å². The zero-order chi connectivity index (χ0) is 22.5. The zero-order valence-corrected chi connectivity index (χ0v) is 20.1. The van der Waals surface area contributed by atoms with E-state index in [9.17, 15) is 9.59 Å². The number of carbonyl (C=O) groups is 2. The normalized spacial score (nSPS) is 20.8. The van der Waals surface area contributed by atoms with E-state index >= 15 is 0 Å². The monoisotopic (exact) mass is 470 g/mol. The molecular weight excluding hydrogens is 440 g/mol. The Balaban J connectivity index is 1.52. The maximum absolute atomic E-state index is 13.6. The molecule has 6 heteroatoms. The molecule has 2 amide bonds. The highest BCUT2D eigenvalue weighted by Gasteiger charge is 2.39. The highest BCUT2D eigenvalue weighted by atomic mass is 35.5. The minimum absolute atomic E-state index is 0.0106. The molecule has 32 heavy (non-hydrogen) atoms. The summed E-state index contributed by atoms with van der Waals surface area (Å²) >= 11 is 7.68. The molecule has 4 rings (SSSR count). The van der Waals surface area contributed by atoms with Crippen LogP contribution in [0.15, 0.2) is 53.4 Å². The Bertz CT molecular complexity index is 958. The lowest BCUT2D eigenvalue weighted by atomic mass is 9.95. The highest BCUT2D eigenvalue weighted by molar-refractivity contribution is 8.01. The maximum atomic E-state index is 13.6. The van der Waals surface area contributed by atoms with Crippen molar-refractivity contribution in [1.82, 2.24) is 5.32 Å². The van der Waals surface area contributed by atoms with Gasteiger partial charge in [-0.2, -0.15) is 0 Å². The van der Waals surface area contributed by atoms with Gasteiger partial charge < -0.3 is 10.2 Å². The van der Waals surface area contributed by atoms with E-state index in [1.54, 1.807) is 0 Å². The van der Waals surface area contributed by atoms with Crippen LogP contribution in [0.2, 0.25) is 5.02 Å². The molecule has 0 aromatic heterocycles. The summed E-state index contributed by atoms with van der Waals surface area (Å²) in [4.78, 5) is 29.6. The molecule has 1 aliphatic heterocycles. The zero-order valence-electron chi connectivity index (χ0n) is 18.6. The number of nitrogens with zero attached hydrogens (tertiary/aromatic N) is 1. The van der Waals surface area contributed by atoms with Gasteiger partial charge in [0.2, 0.25) is 11.8 Å². The predicted octanol–water partition coefficient (Wildman–Crippen LogP) is 6.21. The van der Waals surface area contributed by atoms with E-state index in [-0.39, 0.29) is 17.9 Å². The van der Waals surface area contributed by atoms with Gasteiger partial charge in [0.15, 0.2) is 0 Å². The van der Waals surface area contributed by atoms with Gasteiger partial charge in [-0.25, -0.2) is 0 Å². The van der Waals surface area contributed by atoms with E-state index in [0.717, 1.165) is 41.8 Å². The Labute approximate surface area is 200 Å². The van der Waals surface area contributed by atoms with Crippen molar-refractivity contribution in [2.24, 2.45) is 5.92 Å². The molecule has 1 aliphatic carbocycles. The van der Waals surface area contributed by atoms with Crippen LogP contribution in [0.5, 0.6) is 0 Å².